The van der Waals surface area contributed by atoms with Gasteiger partial charge in [0.25, 0.3) is 5.91 Å². The van der Waals surface area contributed by atoms with E-state index in [0.29, 0.717) is 11.4 Å². The van der Waals surface area contributed by atoms with E-state index in [9.17, 15) is 9.59 Å². The number of anilines is 1. The Labute approximate surface area is 200 Å². The molecule has 34 heavy (non-hydrogen) atoms. The molecule has 2 aliphatic heterocycles. The molecule has 5 rings (SSSR count). The van der Waals surface area contributed by atoms with E-state index in [1.54, 1.807) is 31.4 Å². The smallest absolute Gasteiger partial charge is 0.251 e. The summed E-state index contributed by atoms with van der Waals surface area (Å²) < 4.78 is 5.27. The average Bonchev–Trinajstić information content (AvgIpc) is 3.19. The van der Waals surface area contributed by atoms with Crippen LogP contribution in [-0.4, -0.2) is 60.9 Å². The van der Waals surface area contributed by atoms with Crippen LogP contribution < -0.4 is 9.64 Å². The summed E-state index contributed by atoms with van der Waals surface area (Å²) >= 11 is 0. The lowest BCUT2D eigenvalue weighted by Gasteiger charge is -2.41. The highest BCUT2D eigenvalue weighted by Gasteiger charge is 2.43. The van der Waals surface area contributed by atoms with E-state index in [2.05, 4.69) is 58.3 Å². The van der Waals surface area contributed by atoms with Gasteiger partial charge in [-0.3, -0.25) is 19.4 Å². The number of ether oxygens (including phenoxy) is 1. The van der Waals surface area contributed by atoms with E-state index in [1.165, 1.54) is 16.0 Å². The number of hydrogen-bond donors (Lipinski definition) is 0. The summed E-state index contributed by atoms with van der Waals surface area (Å²) in [4.78, 5) is 32.1. The van der Waals surface area contributed by atoms with Gasteiger partial charge in [-0.05, 0) is 23.3 Å². The van der Waals surface area contributed by atoms with Gasteiger partial charge in [-0.2, -0.15) is 0 Å². The normalized spacial score (nSPS) is 19.7. The minimum absolute atomic E-state index is 0.144. The molecule has 1 atom stereocenters. The SMILES string of the molecule is COc1cccc(N2C(=O)C[C@H](N3CCN(C(c4ccccc4)c4ccccc4)CC3)C2=O)c1. The molecule has 6 nitrogen and oxygen atoms in total. The Morgan fingerprint density at radius 2 is 1.41 bits per heavy atom. The van der Waals surface area contributed by atoms with Crippen LogP contribution >= 0.6 is 0 Å². The number of imide groups is 1. The fourth-order valence-electron chi connectivity index (χ4n) is 5.11. The molecule has 174 valence electrons. The monoisotopic (exact) mass is 455 g/mol. The number of methoxy groups -OCH3 is 1. The lowest BCUT2D eigenvalue weighted by Crippen LogP contribution is -2.53. The highest BCUT2D eigenvalue weighted by molar-refractivity contribution is 6.22. The van der Waals surface area contributed by atoms with Gasteiger partial charge in [0, 0.05) is 32.2 Å². The van der Waals surface area contributed by atoms with Gasteiger partial charge >= 0.3 is 0 Å². The number of rotatable bonds is 6. The van der Waals surface area contributed by atoms with Crippen LogP contribution in [0.4, 0.5) is 5.69 Å². The maximum absolute atomic E-state index is 13.3. The molecule has 6 heteroatoms. The lowest BCUT2D eigenvalue weighted by atomic mass is 9.96. The Kier molecular flexibility index (Phi) is 6.43. The van der Waals surface area contributed by atoms with Gasteiger partial charge < -0.3 is 4.74 Å². The van der Waals surface area contributed by atoms with Crippen molar-refractivity contribution in [1.82, 2.24) is 9.80 Å². The molecule has 0 spiro atoms. The van der Waals surface area contributed by atoms with Gasteiger partial charge in [0.1, 0.15) is 5.75 Å². The predicted molar refractivity (Wildman–Crippen MR) is 132 cm³/mol. The number of amides is 2. The van der Waals surface area contributed by atoms with Gasteiger partial charge in [-0.25, -0.2) is 4.90 Å². The molecule has 3 aromatic carbocycles. The van der Waals surface area contributed by atoms with E-state index in [1.807, 2.05) is 12.1 Å². The largest absolute Gasteiger partial charge is 0.497 e. The molecule has 0 N–H and O–H groups in total. The molecule has 3 aromatic rings. The van der Waals surface area contributed by atoms with Crippen LogP contribution in [0, 0.1) is 0 Å². The van der Waals surface area contributed by atoms with Crippen LogP contribution in [-0.2, 0) is 9.59 Å². The first-order valence-corrected chi connectivity index (χ1v) is 11.7. The third-order valence-corrected chi connectivity index (χ3v) is 6.82. The quantitative estimate of drug-likeness (QED) is 0.530. The minimum Gasteiger partial charge on any atom is -0.497 e. The highest BCUT2D eigenvalue weighted by atomic mass is 16.5. The molecular weight excluding hydrogens is 426 g/mol. The van der Waals surface area contributed by atoms with Crippen molar-refractivity contribution >= 4 is 17.5 Å². The van der Waals surface area contributed by atoms with Crippen LogP contribution in [0.2, 0.25) is 0 Å². The summed E-state index contributed by atoms with van der Waals surface area (Å²) in [6.07, 6.45) is 0.219. The zero-order valence-electron chi connectivity index (χ0n) is 19.3. The van der Waals surface area contributed by atoms with Crippen molar-refractivity contribution in [2.75, 3.05) is 38.2 Å². The molecule has 2 amide bonds. The first-order valence-electron chi connectivity index (χ1n) is 11.7. The number of carbonyl (C=O) groups is 2. The number of piperazine rings is 1. The van der Waals surface area contributed by atoms with Gasteiger partial charge in [-0.15, -0.1) is 0 Å². The lowest BCUT2D eigenvalue weighted by molar-refractivity contribution is -0.123. The van der Waals surface area contributed by atoms with Crippen LogP contribution in [0.25, 0.3) is 0 Å². The number of carbonyl (C=O) groups excluding carboxylic acids is 2. The van der Waals surface area contributed by atoms with Gasteiger partial charge in [0.15, 0.2) is 0 Å². The second-order valence-electron chi connectivity index (χ2n) is 8.78. The van der Waals surface area contributed by atoms with Crippen molar-refractivity contribution in [2.45, 2.75) is 18.5 Å². The Balaban J connectivity index is 1.31. The molecule has 2 saturated heterocycles. The molecule has 0 aromatic heterocycles. The van der Waals surface area contributed by atoms with E-state index >= 15 is 0 Å². The highest BCUT2D eigenvalue weighted by Crippen LogP contribution is 2.32. The van der Waals surface area contributed by atoms with Crippen LogP contribution in [0.15, 0.2) is 84.9 Å². The third-order valence-electron chi connectivity index (χ3n) is 6.82. The first kappa shape index (κ1) is 22.3. The summed E-state index contributed by atoms with van der Waals surface area (Å²) in [6, 6.07) is 28.0. The summed E-state index contributed by atoms with van der Waals surface area (Å²) in [5, 5.41) is 0. The van der Waals surface area contributed by atoms with Gasteiger partial charge in [0.05, 0.1) is 31.3 Å². The van der Waals surface area contributed by atoms with Crippen LogP contribution in [0.1, 0.15) is 23.6 Å². The van der Waals surface area contributed by atoms with E-state index in [0.717, 1.165) is 26.2 Å². The van der Waals surface area contributed by atoms with Crippen molar-refractivity contribution in [2.24, 2.45) is 0 Å². The zero-order valence-corrected chi connectivity index (χ0v) is 19.3. The molecule has 0 radical (unpaired) electrons. The molecule has 2 fully saturated rings. The first-order chi connectivity index (χ1) is 16.7. The maximum Gasteiger partial charge on any atom is 0.251 e. The van der Waals surface area contributed by atoms with Crippen molar-refractivity contribution in [3.63, 3.8) is 0 Å². The molecule has 0 unspecified atom stereocenters. The van der Waals surface area contributed by atoms with Gasteiger partial charge in [-0.1, -0.05) is 66.7 Å². The van der Waals surface area contributed by atoms with Crippen molar-refractivity contribution < 1.29 is 14.3 Å². The molecule has 2 heterocycles. The van der Waals surface area contributed by atoms with Crippen LogP contribution in [0.5, 0.6) is 5.75 Å². The Morgan fingerprint density at radius 3 is 2.00 bits per heavy atom. The summed E-state index contributed by atoms with van der Waals surface area (Å²) in [5.74, 6) is 0.328. The Hall–Kier alpha value is -3.48. The van der Waals surface area contributed by atoms with Gasteiger partial charge in [0.2, 0.25) is 5.91 Å². The van der Waals surface area contributed by atoms with E-state index in [-0.39, 0.29) is 24.3 Å². The summed E-state index contributed by atoms with van der Waals surface area (Å²) in [6.45, 7) is 3.13. The average molecular weight is 456 g/mol. The zero-order chi connectivity index (χ0) is 23.5. The fourth-order valence-corrected chi connectivity index (χ4v) is 5.11. The summed E-state index contributed by atoms with van der Waals surface area (Å²) in [5.41, 5.74) is 3.10. The second-order valence-corrected chi connectivity index (χ2v) is 8.78. The molecule has 0 aliphatic carbocycles. The maximum atomic E-state index is 13.3. The van der Waals surface area contributed by atoms with Crippen LogP contribution in [0.3, 0.4) is 0 Å². The fraction of sp³-hybridized carbons (Fsp3) is 0.286. The topological polar surface area (TPSA) is 53.1 Å². The minimum atomic E-state index is -0.409. The second kappa shape index (κ2) is 9.79. The van der Waals surface area contributed by atoms with Crippen molar-refractivity contribution in [3.05, 3.63) is 96.1 Å². The number of nitrogens with zero attached hydrogens (tertiary/aromatic N) is 3. The predicted octanol–water partition coefficient (Wildman–Crippen LogP) is 3.73. The molecule has 0 saturated carbocycles. The molecule has 0 bridgehead atoms. The standard InChI is InChI=1S/C28H29N3O3/c1-34-24-14-8-13-23(19-24)31-26(32)20-25(28(31)33)29-15-17-30(18-16-29)27(21-9-4-2-5-10-21)22-11-6-3-7-12-22/h2-14,19,25,27H,15-18,20H2,1H3/t25-/m0/s1. The Bertz CT molecular complexity index is 1100. The van der Waals surface area contributed by atoms with Crippen molar-refractivity contribution in [3.8, 4) is 5.75 Å². The Morgan fingerprint density at radius 1 is 0.794 bits per heavy atom. The third kappa shape index (κ3) is 4.34. The number of benzene rings is 3. The van der Waals surface area contributed by atoms with E-state index < -0.39 is 6.04 Å². The van der Waals surface area contributed by atoms with Crippen molar-refractivity contribution in [1.29, 1.82) is 0 Å². The molecule has 2 aliphatic rings. The summed E-state index contributed by atoms with van der Waals surface area (Å²) in [7, 11) is 1.58. The van der Waals surface area contributed by atoms with E-state index in [4.69, 9.17) is 4.74 Å². The number of hydrogen-bond acceptors (Lipinski definition) is 5. The molecular formula is C28H29N3O3.